The average molecular weight is 509 g/mol. The molecule has 0 spiro atoms. The van der Waals surface area contributed by atoms with Crippen molar-refractivity contribution in [2.75, 3.05) is 57.3 Å². The first-order valence-electron chi connectivity index (χ1n) is 13.6. The highest BCUT2D eigenvalue weighted by Crippen LogP contribution is 2.28. The summed E-state index contributed by atoms with van der Waals surface area (Å²) in [6.45, 7) is 16.1. The molecule has 0 unspecified atom stereocenters. The Morgan fingerprint density at radius 1 is 0.919 bits per heavy atom. The molecule has 1 heterocycles. The van der Waals surface area contributed by atoms with Crippen LogP contribution in [0.3, 0.4) is 0 Å². The van der Waals surface area contributed by atoms with Gasteiger partial charge in [-0.05, 0) is 63.5 Å². The Balaban J connectivity index is 1.93. The molecule has 1 aliphatic heterocycles. The van der Waals surface area contributed by atoms with Crippen LogP contribution in [-0.4, -0.2) is 85.0 Å². The topological polar surface area (TPSA) is 56.3 Å². The summed E-state index contributed by atoms with van der Waals surface area (Å²) < 4.78 is 5.84. The van der Waals surface area contributed by atoms with Gasteiger partial charge in [-0.1, -0.05) is 50.2 Å². The SMILES string of the molecule is CCN(CC)CC(=O)N1CCN(C(C)C)CCCN(C(=O)COc2ccccc2)c2c(C)cccc2C1. The third-order valence-electron chi connectivity index (χ3n) is 7.18. The van der Waals surface area contributed by atoms with Crippen LogP contribution in [0.25, 0.3) is 0 Å². The summed E-state index contributed by atoms with van der Waals surface area (Å²) in [7, 11) is 0. The molecule has 1 aliphatic rings. The van der Waals surface area contributed by atoms with Gasteiger partial charge in [0.25, 0.3) is 5.91 Å². The van der Waals surface area contributed by atoms with Crippen LogP contribution < -0.4 is 9.64 Å². The zero-order valence-electron chi connectivity index (χ0n) is 23.3. The van der Waals surface area contributed by atoms with Gasteiger partial charge < -0.3 is 14.5 Å². The summed E-state index contributed by atoms with van der Waals surface area (Å²) in [5.74, 6) is 0.734. The molecule has 0 aromatic heterocycles. The summed E-state index contributed by atoms with van der Waals surface area (Å²) in [6, 6.07) is 15.9. The lowest BCUT2D eigenvalue weighted by Crippen LogP contribution is -2.44. The van der Waals surface area contributed by atoms with Gasteiger partial charge in [-0.25, -0.2) is 0 Å². The lowest BCUT2D eigenvalue weighted by molar-refractivity contribution is -0.133. The number of benzene rings is 2. The van der Waals surface area contributed by atoms with Crippen LogP contribution in [0, 0.1) is 6.92 Å². The number of carbonyl (C=O) groups excluding carboxylic acids is 2. The van der Waals surface area contributed by atoms with Crippen LogP contribution in [0.15, 0.2) is 48.5 Å². The fourth-order valence-electron chi connectivity index (χ4n) is 4.88. The molecule has 2 amide bonds. The van der Waals surface area contributed by atoms with E-state index in [1.807, 2.05) is 59.2 Å². The number of ether oxygens (including phenoxy) is 1. The second-order valence-electron chi connectivity index (χ2n) is 9.99. The van der Waals surface area contributed by atoms with Gasteiger partial charge >= 0.3 is 0 Å². The Kier molecular flexibility index (Phi) is 11.0. The van der Waals surface area contributed by atoms with Crippen LogP contribution in [0.5, 0.6) is 5.75 Å². The van der Waals surface area contributed by atoms with E-state index in [1.165, 1.54) is 0 Å². The molecule has 0 N–H and O–H groups in total. The van der Waals surface area contributed by atoms with Crippen molar-refractivity contribution in [1.82, 2.24) is 14.7 Å². The minimum Gasteiger partial charge on any atom is -0.484 e. The number of para-hydroxylation sites is 2. The number of carbonyl (C=O) groups is 2. The van der Waals surface area contributed by atoms with Gasteiger partial charge in [0, 0.05) is 38.8 Å². The molecule has 0 saturated heterocycles. The van der Waals surface area contributed by atoms with E-state index < -0.39 is 0 Å². The number of likely N-dealkylation sites (N-methyl/N-ethyl adjacent to an activating group) is 1. The fourth-order valence-corrected chi connectivity index (χ4v) is 4.88. The largest absolute Gasteiger partial charge is 0.484 e. The van der Waals surface area contributed by atoms with Crippen molar-refractivity contribution in [2.45, 2.75) is 53.6 Å². The van der Waals surface area contributed by atoms with Crippen LogP contribution in [-0.2, 0) is 16.1 Å². The number of amides is 2. The maximum absolute atomic E-state index is 13.6. The quantitative estimate of drug-likeness (QED) is 0.535. The van der Waals surface area contributed by atoms with Crippen molar-refractivity contribution >= 4 is 17.5 Å². The number of hydrogen-bond acceptors (Lipinski definition) is 5. The highest BCUT2D eigenvalue weighted by atomic mass is 16.5. The highest BCUT2D eigenvalue weighted by Gasteiger charge is 2.26. The minimum absolute atomic E-state index is 0.0315. The van der Waals surface area contributed by atoms with Gasteiger partial charge in [0.2, 0.25) is 5.91 Å². The van der Waals surface area contributed by atoms with Crippen molar-refractivity contribution in [3.63, 3.8) is 0 Å². The lowest BCUT2D eigenvalue weighted by atomic mass is 10.1. The van der Waals surface area contributed by atoms with Crippen LogP contribution in [0.2, 0.25) is 0 Å². The molecule has 2 aromatic carbocycles. The van der Waals surface area contributed by atoms with E-state index in [9.17, 15) is 9.59 Å². The Morgan fingerprint density at radius 3 is 2.32 bits per heavy atom. The van der Waals surface area contributed by atoms with E-state index in [4.69, 9.17) is 4.74 Å². The number of aryl methyl sites for hydroxylation is 1. The smallest absolute Gasteiger partial charge is 0.264 e. The van der Waals surface area contributed by atoms with Crippen LogP contribution >= 0.6 is 0 Å². The van der Waals surface area contributed by atoms with E-state index >= 15 is 0 Å². The molecule has 37 heavy (non-hydrogen) atoms. The molecule has 0 aliphatic carbocycles. The molecule has 0 atom stereocenters. The Bertz CT molecular complexity index is 1010. The average Bonchev–Trinajstić information content (AvgIpc) is 2.93. The fraction of sp³-hybridized carbons (Fsp3) is 0.533. The third-order valence-corrected chi connectivity index (χ3v) is 7.18. The van der Waals surface area contributed by atoms with E-state index in [2.05, 4.69) is 43.6 Å². The standard InChI is InChI=1S/C30H44N4O3/c1-6-31(7-2)22-28(35)33-20-19-32(24(3)4)17-12-18-34(30-25(5)13-11-14-26(30)21-33)29(36)23-37-27-15-9-8-10-16-27/h8-11,13-16,24H,6-7,12,17-23H2,1-5H3. The van der Waals surface area contributed by atoms with Crippen molar-refractivity contribution < 1.29 is 14.3 Å². The van der Waals surface area contributed by atoms with Crippen LogP contribution in [0.1, 0.15) is 45.2 Å². The molecule has 7 heteroatoms. The van der Waals surface area contributed by atoms with E-state index in [0.29, 0.717) is 38.0 Å². The number of rotatable bonds is 8. The molecular formula is C30H44N4O3. The highest BCUT2D eigenvalue weighted by molar-refractivity contribution is 5.96. The Morgan fingerprint density at radius 2 is 1.65 bits per heavy atom. The van der Waals surface area contributed by atoms with E-state index in [0.717, 1.165) is 49.4 Å². The van der Waals surface area contributed by atoms with Crippen molar-refractivity contribution in [1.29, 1.82) is 0 Å². The number of fused-ring (bicyclic) bond motifs is 1. The maximum Gasteiger partial charge on any atom is 0.264 e. The lowest BCUT2D eigenvalue weighted by Gasteiger charge is -2.31. The predicted octanol–water partition coefficient (Wildman–Crippen LogP) is 4.19. The zero-order valence-corrected chi connectivity index (χ0v) is 23.3. The first-order valence-corrected chi connectivity index (χ1v) is 13.6. The first-order chi connectivity index (χ1) is 17.8. The van der Waals surface area contributed by atoms with Crippen LogP contribution in [0.4, 0.5) is 5.69 Å². The maximum atomic E-state index is 13.6. The number of nitrogens with zero attached hydrogens (tertiary/aromatic N) is 4. The van der Waals surface area contributed by atoms with Crippen molar-refractivity contribution in [3.05, 3.63) is 59.7 Å². The van der Waals surface area contributed by atoms with Gasteiger partial charge in [0.05, 0.1) is 12.2 Å². The predicted molar refractivity (Wildman–Crippen MR) is 150 cm³/mol. The van der Waals surface area contributed by atoms with Gasteiger partial charge in [-0.15, -0.1) is 0 Å². The molecule has 0 bridgehead atoms. The number of hydrogen-bond donors (Lipinski definition) is 0. The molecule has 7 nitrogen and oxygen atoms in total. The Labute approximate surface area is 223 Å². The summed E-state index contributed by atoms with van der Waals surface area (Å²) in [5.41, 5.74) is 2.93. The normalized spacial score (nSPS) is 15.4. The monoisotopic (exact) mass is 508 g/mol. The summed E-state index contributed by atoms with van der Waals surface area (Å²) >= 11 is 0. The molecule has 0 saturated carbocycles. The second-order valence-corrected chi connectivity index (χ2v) is 9.99. The van der Waals surface area contributed by atoms with Gasteiger partial charge in [-0.3, -0.25) is 19.4 Å². The summed E-state index contributed by atoms with van der Waals surface area (Å²) in [5, 5.41) is 0. The molecule has 0 fully saturated rings. The van der Waals surface area contributed by atoms with Gasteiger partial charge in [0.1, 0.15) is 5.75 Å². The first kappa shape index (κ1) is 28.7. The molecule has 0 radical (unpaired) electrons. The molecular weight excluding hydrogens is 464 g/mol. The second kappa shape index (κ2) is 14.1. The molecule has 202 valence electrons. The Hall–Kier alpha value is -2.90. The van der Waals surface area contributed by atoms with E-state index in [1.54, 1.807) is 0 Å². The van der Waals surface area contributed by atoms with E-state index in [-0.39, 0.29) is 18.4 Å². The van der Waals surface area contributed by atoms with Crippen molar-refractivity contribution in [3.8, 4) is 5.75 Å². The molecule has 2 aromatic rings. The zero-order chi connectivity index (χ0) is 26.8. The summed E-state index contributed by atoms with van der Waals surface area (Å²) in [6.07, 6.45) is 0.844. The van der Waals surface area contributed by atoms with Gasteiger partial charge in [0.15, 0.2) is 6.61 Å². The summed E-state index contributed by atoms with van der Waals surface area (Å²) in [4.78, 5) is 35.5. The third kappa shape index (κ3) is 8.04. The van der Waals surface area contributed by atoms with Crippen molar-refractivity contribution in [2.24, 2.45) is 0 Å². The minimum atomic E-state index is -0.0734. The number of anilines is 1. The van der Waals surface area contributed by atoms with Gasteiger partial charge in [-0.2, -0.15) is 0 Å². The molecule has 3 rings (SSSR count).